The van der Waals surface area contributed by atoms with Crippen molar-refractivity contribution in [1.82, 2.24) is 5.32 Å². The summed E-state index contributed by atoms with van der Waals surface area (Å²) < 4.78 is 2.20. The van der Waals surface area contributed by atoms with Crippen molar-refractivity contribution in [2.75, 3.05) is 0 Å². The summed E-state index contributed by atoms with van der Waals surface area (Å²) in [5.74, 6) is 0.100. The Bertz CT molecular complexity index is 398. The average molecular weight is 341 g/mol. The standard InChI is InChI=1S/C19H32N2O.ClH/c1-3-4-5-6-7-9-13-19(20-18(2)22)14-12-17-21-15-10-8-11-16-21;/h8,10-11,15-16,19H,3-7,9,12-14,17H2,1-2H3;1H. The maximum atomic E-state index is 11.3. The number of nitrogens with zero attached hydrogens (tertiary/aromatic N) is 1. The number of aromatic nitrogens is 1. The van der Waals surface area contributed by atoms with Crippen LogP contribution in [0.1, 0.15) is 71.6 Å². The molecule has 0 aliphatic heterocycles. The van der Waals surface area contributed by atoms with Gasteiger partial charge < -0.3 is 17.7 Å². The van der Waals surface area contributed by atoms with Crippen LogP contribution in [0.2, 0.25) is 0 Å². The zero-order valence-electron chi connectivity index (χ0n) is 14.8. The van der Waals surface area contributed by atoms with Crippen LogP contribution in [0.25, 0.3) is 0 Å². The van der Waals surface area contributed by atoms with E-state index in [1.54, 1.807) is 6.92 Å². The van der Waals surface area contributed by atoms with Crippen molar-refractivity contribution in [2.24, 2.45) is 0 Å². The molecule has 4 heteroatoms. The third kappa shape index (κ3) is 12.1. The van der Waals surface area contributed by atoms with Gasteiger partial charge in [0.15, 0.2) is 12.4 Å². The van der Waals surface area contributed by atoms with Crippen LogP contribution in [0, 0.1) is 0 Å². The molecule has 1 aromatic rings. The minimum Gasteiger partial charge on any atom is -1.00 e. The van der Waals surface area contributed by atoms with Gasteiger partial charge in [-0.25, -0.2) is 4.57 Å². The molecule has 3 nitrogen and oxygen atoms in total. The van der Waals surface area contributed by atoms with Crippen molar-refractivity contribution < 1.29 is 21.8 Å². The number of rotatable bonds is 12. The van der Waals surface area contributed by atoms with Crippen molar-refractivity contribution in [3.05, 3.63) is 30.6 Å². The molecule has 23 heavy (non-hydrogen) atoms. The molecule has 0 saturated heterocycles. The average Bonchev–Trinajstić information content (AvgIpc) is 2.51. The molecule has 0 bridgehead atoms. The van der Waals surface area contributed by atoms with Crippen LogP contribution in [0.5, 0.6) is 0 Å². The van der Waals surface area contributed by atoms with Gasteiger partial charge in [0.05, 0.1) is 0 Å². The van der Waals surface area contributed by atoms with Crippen molar-refractivity contribution in [3.63, 3.8) is 0 Å². The van der Waals surface area contributed by atoms with Gasteiger partial charge in [-0.3, -0.25) is 4.79 Å². The zero-order valence-corrected chi connectivity index (χ0v) is 15.5. The van der Waals surface area contributed by atoms with E-state index in [1.807, 2.05) is 6.07 Å². The summed E-state index contributed by atoms with van der Waals surface area (Å²) in [7, 11) is 0. The second-order valence-electron chi connectivity index (χ2n) is 6.21. The smallest absolute Gasteiger partial charge is 0.217 e. The number of hydrogen-bond donors (Lipinski definition) is 1. The van der Waals surface area contributed by atoms with Crippen molar-refractivity contribution >= 4 is 5.91 Å². The number of nitrogens with one attached hydrogen (secondary N) is 1. The Labute approximate surface area is 148 Å². The Hall–Kier alpha value is -1.09. The fourth-order valence-electron chi connectivity index (χ4n) is 2.85. The predicted molar refractivity (Wildman–Crippen MR) is 91.5 cm³/mol. The highest BCUT2D eigenvalue weighted by atomic mass is 35.5. The highest BCUT2D eigenvalue weighted by molar-refractivity contribution is 5.73. The molecule has 1 rings (SSSR count). The van der Waals surface area contributed by atoms with Gasteiger partial charge in [-0.05, 0) is 12.8 Å². The van der Waals surface area contributed by atoms with E-state index in [2.05, 4.69) is 41.3 Å². The zero-order chi connectivity index (χ0) is 16.0. The summed E-state index contributed by atoms with van der Waals surface area (Å²) in [6.07, 6.45) is 15.3. The molecular weight excluding hydrogens is 308 g/mol. The summed E-state index contributed by atoms with van der Waals surface area (Å²) in [6, 6.07) is 6.49. The van der Waals surface area contributed by atoms with Crippen LogP contribution in [-0.4, -0.2) is 11.9 Å². The van der Waals surface area contributed by atoms with E-state index < -0.39 is 0 Å². The number of amides is 1. The molecule has 0 aromatic carbocycles. The minimum atomic E-state index is 0. The lowest BCUT2D eigenvalue weighted by atomic mass is 10.0. The van der Waals surface area contributed by atoms with Crippen molar-refractivity contribution in [3.8, 4) is 0 Å². The summed E-state index contributed by atoms with van der Waals surface area (Å²) in [5, 5.41) is 3.12. The SMILES string of the molecule is CCCCCCCCC(CCC[n+]1ccccc1)NC(C)=O.[Cl-]. The Morgan fingerprint density at radius 1 is 0.957 bits per heavy atom. The number of carbonyl (C=O) groups excluding carboxylic acids is 1. The maximum absolute atomic E-state index is 11.3. The van der Waals surface area contributed by atoms with Gasteiger partial charge in [0.2, 0.25) is 5.91 Å². The van der Waals surface area contributed by atoms with Gasteiger partial charge in [0.25, 0.3) is 0 Å². The van der Waals surface area contributed by atoms with Crippen LogP contribution in [-0.2, 0) is 11.3 Å². The molecule has 1 N–H and O–H groups in total. The molecule has 1 atom stereocenters. The van der Waals surface area contributed by atoms with E-state index in [1.165, 1.54) is 38.5 Å². The molecule has 132 valence electrons. The molecule has 0 spiro atoms. The Morgan fingerprint density at radius 3 is 2.22 bits per heavy atom. The topological polar surface area (TPSA) is 33.0 Å². The number of pyridine rings is 1. The first-order chi connectivity index (χ1) is 10.7. The van der Waals surface area contributed by atoms with Gasteiger partial charge in [0, 0.05) is 31.5 Å². The first-order valence-corrected chi connectivity index (χ1v) is 8.93. The highest BCUT2D eigenvalue weighted by Crippen LogP contribution is 2.11. The monoisotopic (exact) mass is 340 g/mol. The van der Waals surface area contributed by atoms with E-state index in [4.69, 9.17) is 0 Å². The molecule has 1 amide bonds. The van der Waals surface area contributed by atoms with E-state index in [0.717, 1.165) is 25.8 Å². The lowest BCUT2D eigenvalue weighted by molar-refractivity contribution is -0.697. The molecule has 1 heterocycles. The normalized spacial score (nSPS) is 11.6. The van der Waals surface area contributed by atoms with E-state index in [0.29, 0.717) is 6.04 Å². The first kappa shape index (κ1) is 21.9. The molecule has 1 unspecified atom stereocenters. The fraction of sp³-hybridized carbons (Fsp3) is 0.684. The van der Waals surface area contributed by atoms with Crippen LogP contribution in [0.3, 0.4) is 0 Å². The Balaban J connectivity index is 0.00000484. The maximum Gasteiger partial charge on any atom is 0.217 e. The minimum absolute atomic E-state index is 0. The van der Waals surface area contributed by atoms with Crippen LogP contribution in [0.4, 0.5) is 0 Å². The summed E-state index contributed by atoms with van der Waals surface area (Å²) in [6.45, 7) is 4.89. The van der Waals surface area contributed by atoms with E-state index in [-0.39, 0.29) is 18.3 Å². The number of carbonyl (C=O) groups is 1. The van der Waals surface area contributed by atoms with E-state index >= 15 is 0 Å². The number of hydrogen-bond acceptors (Lipinski definition) is 1. The molecule has 1 aromatic heterocycles. The number of halogens is 1. The number of unbranched alkanes of at least 4 members (excludes halogenated alkanes) is 5. The Morgan fingerprint density at radius 2 is 1.57 bits per heavy atom. The Kier molecular flexibility index (Phi) is 13.8. The molecule has 0 aliphatic carbocycles. The molecule has 0 aliphatic rings. The molecule has 0 saturated carbocycles. The first-order valence-electron chi connectivity index (χ1n) is 8.93. The third-order valence-corrected chi connectivity index (χ3v) is 4.06. The molecular formula is C19H33ClN2O. The third-order valence-electron chi connectivity index (χ3n) is 4.06. The van der Waals surface area contributed by atoms with E-state index in [9.17, 15) is 4.79 Å². The largest absolute Gasteiger partial charge is 1.00 e. The van der Waals surface area contributed by atoms with Crippen molar-refractivity contribution in [2.45, 2.75) is 84.2 Å². The van der Waals surface area contributed by atoms with Gasteiger partial charge in [-0.1, -0.05) is 51.5 Å². The second-order valence-corrected chi connectivity index (χ2v) is 6.21. The van der Waals surface area contributed by atoms with Crippen LogP contribution >= 0.6 is 0 Å². The quantitative estimate of drug-likeness (QED) is 0.447. The van der Waals surface area contributed by atoms with Gasteiger partial charge in [0.1, 0.15) is 6.54 Å². The van der Waals surface area contributed by atoms with Crippen molar-refractivity contribution in [1.29, 1.82) is 0 Å². The second kappa shape index (κ2) is 14.5. The lowest BCUT2D eigenvalue weighted by Gasteiger charge is -2.17. The fourth-order valence-corrected chi connectivity index (χ4v) is 2.85. The van der Waals surface area contributed by atoms with Gasteiger partial charge >= 0.3 is 0 Å². The van der Waals surface area contributed by atoms with Gasteiger partial charge in [-0.2, -0.15) is 0 Å². The lowest BCUT2D eigenvalue weighted by Crippen LogP contribution is -3.00. The summed E-state index contributed by atoms with van der Waals surface area (Å²) in [4.78, 5) is 11.3. The molecule has 0 radical (unpaired) electrons. The highest BCUT2D eigenvalue weighted by Gasteiger charge is 2.10. The van der Waals surface area contributed by atoms with Gasteiger partial charge in [-0.15, -0.1) is 0 Å². The number of aryl methyl sites for hydroxylation is 1. The summed E-state index contributed by atoms with van der Waals surface area (Å²) >= 11 is 0. The summed E-state index contributed by atoms with van der Waals surface area (Å²) in [5.41, 5.74) is 0. The van der Waals surface area contributed by atoms with Crippen LogP contribution < -0.4 is 22.3 Å². The molecule has 0 fully saturated rings. The predicted octanol–water partition coefficient (Wildman–Crippen LogP) is 1.01. The van der Waals surface area contributed by atoms with Crippen LogP contribution in [0.15, 0.2) is 30.6 Å².